The molecule has 2 nitrogen and oxygen atoms in total. The molecule has 0 aromatic heterocycles. The lowest BCUT2D eigenvalue weighted by Gasteiger charge is -2.30. The van der Waals surface area contributed by atoms with Gasteiger partial charge < -0.3 is 9.84 Å². The van der Waals surface area contributed by atoms with E-state index in [0.29, 0.717) is 18.1 Å². The van der Waals surface area contributed by atoms with Gasteiger partial charge in [-0.2, -0.15) is 0 Å². The maximum Gasteiger partial charge on any atom is 0.114 e. The van der Waals surface area contributed by atoms with Crippen LogP contribution in [0.1, 0.15) is 102 Å². The van der Waals surface area contributed by atoms with Crippen LogP contribution in [0, 0.1) is 12.8 Å². The first-order valence-electron chi connectivity index (χ1n) is 18.5. The van der Waals surface area contributed by atoms with E-state index < -0.39 is 6.10 Å². The van der Waals surface area contributed by atoms with Crippen LogP contribution in [-0.4, -0.2) is 17.8 Å². The van der Waals surface area contributed by atoms with Crippen molar-refractivity contribution in [1.82, 2.24) is 0 Å². The topological polar surface area (TPSA) is 29.5 Å². The van der Waals surface area contributed by atoms with Crippen molar-refractivity contribution in [2.45, 2.75) is 89.6 Å². The van der Waals surface area contributed by atoms with Crippen LogP contribution in [0.5, 0.6) is 0 Å². The minimum Gasteiger partial charge on any atom is -0.492 e. The van der Waals surface area contributed by atoms with Crippen LogP contribution >= 0.6 is 0 Å². The Hall–Kier alpha value is -4.40. The lowest BCUT2D eigenvalue weighted by Crippen LogP contribution is -2.16. The summed E-state index contributed by atoms with van der Waals surface area (Å²) in [5.41, 5.74) is 10.5. The van der Waals surface area contributed by atoms with Gasteiger partial charge in [0, 0.05) is 11.8 Å². The Kier molecular flexibility index (Phi) is 15.6. The number of benzene rings is 4. The number of unbranched alkanes of at least 4 members (excludes halogenated alkanes) is 2. The predicted molar refractivity (Wildman–Crippen MR) is 214 cm³/mol. The number of aliphatic hydroxyl groups excluding tert-OH is 1. The second kappa shape index (κ2) is 20.3. The van der Waals surface area contributed by atoms with Gasteiger partial charge in [0.2, 0.25) is 0 Å². The molecule has 262 valence electrons. The normalized spacial score (nSPS) is 13.5. The lowest BCUT2D eigenvalue weighted by molar-refractivity contribution is 0.0705. The van der Waals surface area contributed by atoms with E-state index in [2.05, 4.69) is 137 Å². The second-order valence-corrected chi connectivity index (χ2v) is 14.0. The van der Waals surface area contributed by atoms with Gasteiger partial charge in [0.1, 0.15) is 12.4 Å². The van der Waals surface area contributed by atoms with E-state index in [9.17, 15) is 5.11 Å². The molecule has 0 heterocycles. The third-order valence-corrected chi connectivity index (χ3v) is 9.86. The number of rotatable bonds is 22. The van der Waals surface area contributed by atoms with Gasteiger partial charge in [-0.3, -0.25) is 0 Å². The highest BCUT2D eigenvalue weighted by Gasteiger charge is 2.28. The van der Waals surface area contributed by atoms with E-state index in [1.165, 1.54) is 57.3 Å². The molecule has 0 radical (unpaired) electrons. The third kappa shape index (κ3) is 11.9. The monoisotopic (exact) mass is 666 g/mol. The molecule has 0 saturated carbocycles. The van der Waals surface area contributed by atoms with E-state index in [1.54, 1.807) is 6.08 Å². The standard InChI is InChI=1S/C48H58O2/c1-7-10-11-12-14-39-19-28-43(29-20-39)48(45-30-21-40(22-31-45)18-15-36(4)13-8-2)47(42-26-16-37(5)17-27-42)44-32-23-41(24-33-44)25-34-46(49)35-50-38(6)9-3/h7-9,16-17,19-24,26-33,36,46-49H,1-3,6,10-15,18,25,34-35H2,4-5H3. The first-order chi connectivity index (χ1) is 24.3. The van der Waals surface area contributed by atoms with Gasteiger partial charge in [0.25, 0.3) is 0 Å². The zero-order valence-corrected chi connectivity index (χ0v) is 30.5. The van der Waals surface area contributed by atoms with Crippen molar-refractivity contribution in [3.63, 3.8) is 0 Å². The molecule has 4 aromatic rings. The molecule has 1 N–H and O–H groups in total. The molecule has 0 aliphatic carbocycles. The summed E-state index contributed by atoms with van der Waals surface area (Å²) in [6, 6.07) is 36.9. The van der Waals surface area contributed by atoms with Crippen LogP contribution in [0.4, 0.5) is 0 Å². The Labute approximate surface area is 303 Å². The van der Waals surface area contributed by atoms with E-state index in [-0.39, 0.29) is 18.4 Å². The Bertz CT molecular complexity index is 1610. The van der Waals surface area contributed by atoms with E-state index >= 15 is 0 Å². The summed E-state index contributed by atoms with van der Waals surface area (Å²) in [7, 11) is 0. The molecule has 0 bridgehead atoms. The van der Waals surface area contributed by atoms with Crippen LogP contribution in [0.2, 0.25) is 0 Å². The quantitative estimate of drug-likeness (QED) is 0.0391. The van der Waals surface area contributed by atoms with Gasteiger partial charge in [-0.1, -0.05) is 135 Å². The minimum atomic E-state index is -0.561. The van der Waals surface area contributed by atoms with Crippen molar-refractivity contribution in [2.75, 3.05) is 6.61 Å². The zero-order chi connectivity index (χ0) is 35.7. The summed E-state index contributed by atoms with van der Waals surface area (Å²) < 4.78 is 5.47. The summed E-state index contributed by atoms with van der Waals surface area (Å²) >= 11 is 0. The molecule has 0 aliphatic heterocycles. The van der Waals surface area contributed by atoms with Crippen molar-refractivity contribution >= 4 is 0 Å². The number of hydrogen-bond donors (Lipinski definition) is 1. The van der Waals surface area contributed by atoms with Gasteiger partial charge in [-0.25, -0.2) is 0 Å². The van der Waals surface area contributed by atoms with Crippen molar-refractivity contribution < 1.29 is 9.84 Å². The second-order valence-electron chi connectivity index (χ2n) is 14.0. The minimum absolute atomic E-state index is 0.116. The molecule has 0 aliphatic rings. The summed E-state index contributed by atoms with van der Waals surface area (Å²) in [6.45, 7) is 19.9. The molecule has 4 atom stereocenters. The lowest BCUT2D eigenvalue weighted by atomic mass is 9.73. The molecular weight excluding hydrogens is 609 g/mol. The molecule has 2 heteroatoms. The fourth-order valence-corrected chi connectivity index (χ4v) is 6.72. The van der Waals surface area contributed by atoms with Gasteiger partial charge in [0.05, 0.1) is 6.10 Å². The van der Waals surface area contributed by atoms with Crippen molar-refractivity contribution in [3.8, 4) is 0 Å². The number of hydrogen-bond acceptors (Lipinski definition) is 2. The van der Waals surface area contributed by atoms with Gasteiger partial charge >= 0.3 is 0 Å². The Balaban J connectivity index is 1.67. The average molecular weight is 667 g/mol. The van der Waals surface area contributed by atoms with E-state index in [1.807, 2.05) is 12.2 Å². The van der Waals surface area contributed by atoms with Crippen LogP contribution in [-0.2, 0) is 24.0 Å². The molecule has 0 amide bonds. The van der Waals surface area contributed by atoms with Crippen LogP contribution in [0.25, 0.3) is 0 Å². The highest BCUT2D eigenvalue weighted by molar-refractivity contribution is 5.46. The maximum absolute atomic E-state index is 10.5. The molecule has 4 rings (SSSR count). The molecule has 4 unspecified atom stereocenters. The Morgan fingerprint density at radius 3 is 1.56 bits per heavy atom. The van der Waals surface area contributed by atoms with Gasteiger partial charge in [-0.15, -0.1) is 13.2 Å². The van der Waals surface area contributed by atoms with Crippen LogP contribution < -0.4 is 0 Å². The third-order valence-electron chi connectivity index (χ3n) is 9.86. The molecule has 4 aromatic carbocycles. The summed E-state index contributed by atoms with van der Waals surface area (Å²) in [6.07, 6.45) is 14.2. The summed E-state index contributed by atoms with van der Waals surface area (Å²) in [4.78, 5) is 0. The predicted octanol–water partition coefficient (Wildman–Crippen LogP) is 12.0. The molecule has 0 spiro atoms. The Morgan fingerprint density at radius 1 is 0.640 bits per heavy atom. The largest absolute Gasteiger partial charge is 0.492 e. The van der Waals surface area contributed by atoms with Crippen LogP contribution in [0.15, 0.2) is 147 Å². The summed E-state index contributed by atoms with van der Waals surface area (Å²) in [5.74, 6) is 1.36. The van der Waals surface area contributed by atoms with Gasteiger partial charge in [0.15, 0.2) is 0 Å². The average Bonchev–Trinajstić information content (AvgIpc) is 3.14. The van der Waals surface area contributed by atoms with E-state index in [4.69, 9.17) is 4.74 Å². The maximum atomic E-state index is 10.5. The number of ether oxygens (including phenoxy) is 1. The number of aliphatic hydroxyl groups is 1. The van der Waals surface area contributed by atoms with Crippen LogP contribution in [0.3, 0.4) is 0 Å². The highest BCUT2D eigenvalue weighted by atomic mass is 16.5. The molecule has 50 heavy (non-hydrogen) atoms. The fraction of sp³-hybridized carbons (Fsp3) is 0.333. The molecule has 0 fully saturated rings. The first kappa shape index (κ1) is 38.4. The highest BCUT2D eigenvalue weighted by Crippen LogP contribution is 2.43. The summed E-state index contributed by atoms with van der Waals surface area (Å²) in [5, 5.41) is 10.5. The van der Waals surface area contributed by atoms with Gasteiger partial charge in [-0.05, 0) is 116 Å². The van der Waals surface area contributed by atoms with Crippen molar-refractivity contribution in [3.05, 3.63) is 192 Å². The number of allylic oxidation sites excluding steroid dienone is 3. The molecular formula is C48H58O2. The smallest absolute Gasteiger partial charge is 0.114 e. The Morgan fingerprint density at radius 2 is 1.10 bits per heavy atom. The SMILES string of the molecule is C=CCCCCc1ccc(C(c2ccc(CCC(C)CC=C)cc2)C(c2ccc(C)cc2)c2ccc(CCC(O)COC(=C)C=C)cc2)cc1. The molecule has 0 saturated heterocycles. The number of aryl methyl sites for hydroxylation is 4. The zero-order valence-electron chi connectivity index (χ0n) is 30.5. The fourth-order valence-electron chi connectivity index (χ4n) is 6.72. The first-order valence-corrected chi connectivity index (χ1v) is 18.5. The van der Waals surface area contributed by atoms with E-state index in [0.717, 1.165) is 38.5 Å². The van der Waals surface area contributed by atoms with Crippen molar-refractivity contribution in [2.24, 2.45) is 5.92 Å². The van der Waals surface area contributed by atoms with Crippen molar-refractivity contribution in [1.29, 1.82) is 0 Å².